The topological polar surface area (TPSA) is 83.5 Å². The minimum atomic E-state index is -3.80. The molecule has 118 valence electrons. The lowest BCUT2D eigenvalue weighted by Crippen LogP contribution is -2.33. The van der Waals surface area contributed by atoms with Gasteiger partial charge in [-0.05, 0) is 38.0 Å². The molecule has 0 spiro atoms. The molecule has 0 aliphatic rings. The standard InChI is InChI=1S/C14H20ClNO4S/c1-4-5-6-9(2)16-21(19,20)13-8-11(15)7-12(10(13)3)14(17)18/h7-9,16H,4-6H2,1-3H3,(H,17,18). The highest BCUT2D eigenvalue weighted by molar-refractivity contribution is 7.89. The van der Waals surface area contributed by atoms with Crippen molar-refractivity contribution in [2.24, 2.45) is 0 Å². The molecule has 1 aromatic rings. The van der Waals surface area contributed by atoms with Crippen LogP contribution in [0.4, 0.5) is 0 Å². The predicted molar refractivity (Wildman–Crippen MR) is 82.5 cm³/mol. The molecule has 0 fully saturated rings. The lowest BCUT2D eigenvalue weighted by atomic mass is 10.1. The number of nitrogens with one attached hydrogen (secondary N) is 1. The van der Waals surface area contributed by atoms with Crippen molar-refractivity contribution in [3.05, 3.63) is 28.3 Å². The number of carboxylic acid groups (broad SMARTS) is 1. The summed E-state index contributed by atoms with van der Waals surface area (Å²) >= 11 is 5.84. The fourth-order valence-electron chi connectivity index (χ4n) is 2.05. The van der Waals surface area contributed by atoms with E-state index in [-0.39, 0.29) is 27.1 Å². The van der Waals surface area contributed by atoms with Crippen LogP contribution >= 0.6 is 11.6 Å². The van der Waals surface area contributed by atoms with E-state index in [1.165, 1.54) is 19.1 Å². The molecular weight excluding hydrogens is 314 g/mol. The maximum atomic E-state index is 12.4. The Labute approximate surface area is 130 Å². The van der Waals surface area contributed by atoms with E-state index in [2.05, 4.69) is 4.72 Å². The molecule has 1 atom stereocenters. The van der Waals surface area contributed by atoms with Gasteiger partial charge in [-0.25, -0.2) is 17.9 Å². The van der Waals surface area contributed by atoms with Crippen LogP contribution in [0.5, 0.6) is 0 Å². The van der Waals surface area contributed by atoms with Crippen LogP contribution < -0.4 is 4.72 Å². The first-order valence-corrected chi connectivity index (χ1v) is 8.61. The van der Waals surface area contributed by atoms with Crippen molar-refractivity contribution in [1.82, 2.24) is 4.72 Å². The lowest BCUT2D eigenvalue weighted by Gasteiger charge is -2.16. The van der Waals surface area contributed by atoms with Crippen molar-refractivity contribution in [1.29, 1.82) is 0 Å². The lowest BCUT2D eigenvalue weighted by molar-refractivity contribution is 0.0696. The van der Waals surface area contributed by atoms with Crippen molar-refractivity contribution >= 4 is 27.6 Å². The summed E-state index contributed by atoms with van der Waals surface area (Å²) < 4.78 is 27.3. The first-order chi connectivity index (χ1) is 9.69. The highest BCUT2D eigenvalue weighted by atomic mass is 35.5. The van der Waals surface area contributed by atoms with Crippen LogP contribution in [0.15, 0.2) is 17.0 Å². The number of carboxylic acids is 1. The summed E-state index contributed by atoms with van der Waals surface area (Å²) in [7, 11) is -3.80. The molecule has 0 saturated carbocycles. The van der Waals surface area contributed by atoms with Gasteiger partial charge in [0.05, 0.1) is 10.5 Å². The van der Waals surface area contributed by atoms with E-state index < -0.39 is 16.0 Å². The van der Waals surface area contributed by atoms with Crippen molar-refractivity contribution < 1.29 is 18.3 Å². The van der Waals surface area contributed by atoms with Crippen molar-refractivity contribution in [3.8, 4) is 0 Å². The van der Waals surface area contributed by atoms with Crippen molar-refractivity contribution in [2.45, 2.75) is 51.0 Å². The summed E-state index contributed by atoms with van der Waals surface area (Å²) in [6.07, 6.45) is 2.62. The van der Waals surface area contributed by atoms with Gasteiger partial charge in [0, 0.05) is 11.1 Å². The highest BCUT2D eigenvalue weighted by Crippen LogP contribution is 2.25. The maximum absolute atomic E-state index is 12.4. The molecule has 0 heterocycles. The van der Waals surface area contributed by atoms with Crippen LogP contribution in [0.1, 0.15) is 49.0 Å². The molecule has 5 nitrogen and oxygen atoms in total. The normalized spacial score (nSPS) is 13.1. The van der Waals surface area contributed by atoms with Gasteiger partial charge >= 0.3 is 5.97 Å². The summed E-state index contributed by atoms with van der Waals surface area (Å²) in [6, 6.07) is 2.30. The van der Waals surface area contributed by atoms with Gasteiger partial charge in [-0.2, -0.15) is 0 Å². The van der Waals surface area contributed by atoms with E-state index >= 15 is 0 Å². The number of sulfonamides is 1. The van der Waals surface area contributed by atoms with Gasteiger partial charge in [-0.3, -0.25) is 0 Å². The van der Waals surface area contributed by atoms with E-state index in [0.29, 0.717) is 0 Å². The average Bonchev–Trinajstić information content (AvgIpc) is 2.37. The summed E-state index contributed by atoms with van der Waals surface area (Å²) in [4.78, 5) is 11.1. The number of aromatic carboxylic acids is 1. The largest absolute Gasteiger partial charge is 0.478 e. The Morgan fingerprint density at radius 1 is 1.43 bits per heavy atom. The SMILES string of the molecule is CCCCC(C)NS(=O)(=O)c1cc(Cl)cc(C(=O)O)c1C. The molecule has 1 aromatic carbocycles. The van der Waals surface area contributed by atoms with E-state index in [1.807, 2.05) is 6.92 Å². The van der Waals surface area contributed by atoms with Crippen LogP contribution in [-0.4, -0.2) is 25.5 Å². The Bertz CT molecular complexity index is 628. The summed E-state index contributed by atoms with van der Waals surface area (Å²) in [5.74, 6) is -1.20. The van der Waals surface area contributed by atoms with Crippen molar-refractivity contribution in [2.75, 3.05) is 0 Å². The van der Waals surface area contributed by atoms with Crippen LogP contribution in [0, 0.1) is 6.92 Å². The molecule has 2 N–H and O–H groups in total. The van der Waals surface area contributed by atoms with Crippen LogP contribution in [0.2, 0.25) is 5.02 Å². The van der Waals surface area contributed by atoms with E-state index in [4.69, 9.17) is 16.7 Å². The Morgan fingerprint density at radius 2 is 2.05 bits per heavy atom. The summed E-state index contributed by atoms with van der Waals surface area (Å²) in [5, 5.41) is 9.19. The second-order valence-corrected chi connectivity index (χ2v) is 7.17. The zero-order valence-corrected chi connectivity index (χ0v) is 13.9. The maximum Gasteiger partial charge on any atom is 0.336 e. The number of hydrogen-bond acceptors (Lipinski definition) is 3. The molecule has 0 aliphatic carbocycles. The van der Waals surface area contributed by atoms with Gasteiger partial charge in [0.15, 0.2) is 0 Å². The molecule has 1 unspecified atom stereocenters. The fraction of sp³-hybridized carbons (Fsp3) is 0.500. The first kappa shape index (κ1) is 17.9. The molecule has 0 bridgehead atoms. The Hall–Kier alpha value is -1.11. The monoisotopic (exact) mass is 333 g/mol. The van der Waals surface area contributed by atoms with E-state index in [9.17, 15) is 13.2 Å². The third-order valence-corrected chi connectivity index (χ3v) is 5.13. The minimum Gasteiger partial charge on any atom is -0.478 e. The number of benzene rings is 1. The summed E-state index contributed by atoms with van der Waals surface area (Å²) in [6.45, 7) is 5.28. The highest BCUT2D eigenvalue weighted by Gasteiger charge is 2.23. The number of rotatable bonds is 7. The molecule has 7 heteroatoms. The quantitative estimate of drug-likeness (QED) is 0.802. The second kappa shape index (κ2) is 7.24. The zero-order chi connectivity index (χ0) is 16.2. The Balaban J connectivity index is 3.17. The Kier molecular flexibility index (Phi) is 6.19. The van der Waals surface area contributed by atoms with Gasteiger partial charge in [0.1, 0.15) is 0 Å². The number of hydrogen-bond donors (Lipinski definition) is 2. The van der Waals surface area contributed by atoms with Crippen LogP contribution in [-0.2, 0) is 10.0 Å². The number of unbranched alkanes of at least 4 members (excludes halogenated alkanes) is 1. The second-order valence-electron chi connectivity index (χ2n) is 5.05. The number of carbonyl (C=O) groups is 1. The van der Waals surface area contributed by atoms with Gasteiger partial charge in [-0.1, -0.05) is 31.4 Å². The molecule has 0 saturated heterocycles. The summed E-state index contributed by atoms with van der Waals surface area (Å²) in [5.41, 5.74) is 0.0752. The molecule has 0 radical (unpaired) electrons. The molecule has 0 aliphatic heterocycles. The minimum absolute atomic E-state index is 0.0830. The third-order valence-electron chi connectivity index (χ3n) is 3.19. The molecule has 0 aromatic heterocycles. The van der Waals surface area contributed by atoms with Gasteiger partial charge in [-0.15, -0.1) is 0 Å². The molecule has 21 heavy (non-hydrogen) atoms. The fourth-order valence-corrected chi connectivity index (χ4v) is 3.91. The molecule has 1 rings (SSSR count). The van der Waals surface area contributed by atoms with Crippen LogP contribution in [0.25, 0.3) is 0 Å². The van der Waals surface area contributed by atoms with Gasteiger partial charge in [0.25, 0.3) is 0 Å². The smallest absolute Gasteiger partial charge is 0.336 e. The average molecular weight is 334 g/mol. The van der Waals surface area contributed by atoms with E-state index in [0.717, 1.165) is 19.3 Å². The Morgan fingerprint density at radius 3 is 2.57 bits per heavy atom. The predicted octanol–water partition coefficient (Wildman–Crippen LogP) is 3.20. The third kappa shape index (κ3) is 4.69. The number of halogens is 1. The molecular formula is C14H20ClNO4S. The van der Waals surface area contributed by atoms with Gasteiger partial charge in [0.2, 0.25) is 10.0 Å². The van der Waals surface area contributed by atoms with Gasteiger partial charge < -0.3 is 5.11 Å². The van der Waals surface area contributed by atoms with Crippen LogP contribution in [0.3, 0.4) is 0 Å². The van der Waals surface area contributed by atoms with Crippen molar-refractivity contribution in [3.63, 3.8) is 0 Å². The first-order valence-electron chi connectivity index (χ1n) is 6.74. The zero-order valence-electron chi connectivity index (χ0n) is 12.3. The molecule has 0 amide bonds. The van der Waals surface area contributed by atoms with E-state index in [1.54, 1.807) is 6.92 Å².